The molecule has 1 amide bonds. The lowest BCUT2D eigenvalue weighted by atomic mass is 10.1. The monoisotopic (exact) mass is 302 g/mol. The van der Waals surface area contributed by atoms with Crippen LogP contribution in [0.4, 0.5) is 0 Å². The van der Waals surface area contributed by atoms with Gasteiger partial charge in [-0.25, -0.2) is 4.98 Å². The summed E-state index contributed by atoms with van der Waals surface area (Å²) in [5.74, 6) is 0.0598. The molecule has 1 aliphatic heterocycles. The summed E-state index contributed by atoms with van der Waals surface area (Å²) < 4.78 is 7.28. The zero-order valence-electron chi connectivity index (χ0n) is 12.9. The molecule has 0 bridgehead atoms. The van der Waals surface area contributed by atoms with Gasteiger partial charge < -0.3 is 14.6 Å². The Kier molecular flexibility index (Phi) is 4.70. The van der Waals surface area contributed by atoms with Crippen LogP contribution < -0.4 is 5.32 Å². The molecule has 1 N–H and O–H groups in total. The SMILES string of the molecule is Cn1cc(CC(=O)NCCN2CCOCC2)c2cccnc21. The molecule has 22 heavy (non-hydrogen) atoms. The third kappa shape index (κ3) is 3.45. The number of rotatable bonds is 5. The molecule has 2 aromatic heterocycles. The number of aryl methyl sites for hydroxylation is 1. The molecule has 3 heterocycles. The smallest absolute Gasteiger partial charge is 0.224 e. The number of carbonyl (C=O) groups is 1. The molecule has 1 saturated heterocycles. The standard InChI is InChI=1S/C16H22N4O2/c1-19-12-13(14-3-2-4-18-16(14)19)11-15(21)17-5-6-20-7-9-22-10-8-20/h2-4,12H,5-11H2,1H3,(H,17,21). The second-order valence-electron chi connectivity index (χ2n) is 5.62. The van der Waals surface area contributed by atoms with Crippen molar-refractivity contribution in [3.8, 4) is 0 Å². The maximum absolute atomic E-state index is 12.1. The molecule has 0 aliphatic carbocycles. The Balaban J connectivity index is 1.52. The Morgan fingerprint density at radius 2 is 2.23 bits per heavy atom. The van der Waals surface area contributed by atoms with E-state index in [-0.39, 0.29) is 5.91 Å². The average Bonchev–Trinajstić information content (AvgIpc) is 2.85. The third-order valence-corrected chi connectivity index (χ3v) is 4.02. The highest BCUT2D eigenvalue weighted by Gasteiger charge is 2.12. The molecule has 1 aliphatic rings. The number of pyridine rings is 1. The van der Waals surface area contributed by atoms with Gasteiger partial charge in [0.25, 0.3) is 0 Å². The number of fused-ring (bicyclic) bond motifs is 1. The molecular formula is C16H22N4O2. The van der Waals surface area contributed by atoms with Gasteiger partial charge in [0.05, 0.1) is 19.6 Å². The van der Waals surface area contributed by atoms with E-state index in [1.807, 2.05) is 29.9 Å². The molecule has 118 valence electrons. The summed E-state index contributed by atoms with van der Waals surface area (Å²) in [5, 5.41) is 4.05. The highest BCUT2D eigenvalue weighted by Crippen LogP contribution is 2.18. The van der Waals surface area contributed by atoms with Gasteiger partial charge in [-0.15, -0.1) is 0 Å². The predicted molar refractivity (Wildman–Crippen MR) is 84.7 cm³/mol. The van der Waals surface area contributed by atoms with E-state index in [4.69, 9.17) is 4.74 Å². The summed E-state index contributed by atoms with van der Waals surface area (Å²) in [6.07, 6.45) is 4.15. The van der Waals surface area contributed by atoms with E-state index in [0.29, 0.717) is 13.0 Å². The van der Waals surface area contributed by atoms with Crippen LogP contribution in [0.5, 0.6) is 0 Å². The number of hydrogen-bond donors (Lipinski definition) is 1. The summed E-state index contributed by atoms with van der Waals surface area (Å²) in [6.45, 7) is 5.04. The molecule has 0 radical (unpaired) electrons. The first-order chi connectivity index (χ1) is 10.7. The van der Waals surface area contributed by atoms with Crippen LogP contribution >= 0.6 is 0 Å². The van der Waals surface area contributed by atoms with Crippen LogP contribution in [0.3, 0.4) is 0 Å². The van der Waals surface area contributed by atoms with Crippen LogP contribution in [0.15, 0.2) is 24.5 Å². The Labute approximate surface area is 130 Å². The lowest BCUT2D eigenvalue weighted by Gasteiger charge is -2.26. The highest BCUT2D eigenvalue weighted by atomic mass is 16.5. The predicted octanol–water partition coefficient (Wildman–Crippen LogP) is 0.564. The molecule has 3 rings (SSSR count). The number of hydrogen-bond acceptors (Lipinski definition) is 4. The summed E-state index contributed by atoms with van der Waals surface area (Å²) in [6, 6.07) is 3.92. The molecule has 0 atom stereocenters. The Morgan fingerprint density at radius 3 is 3.05 bits per heavy atom. The van der Waals surface area contributed by atoms with E-state index in [1.165, 1.54) is 0 Å². The van der Waals surface area contributed by atoms with E-state index in [0.717, 1.165) is 49.4 Å². The zero-order valence-corrected chi connectivity index (χ0v) is 12.9. The van der Waals surface area contributed by atoms with E-state index < -0.39 is 0 Å². The molecule has 0 aromatic carbocycles. The van der Waals surface area contributed by atoms with Gasteiger partial charge in [0, 0.05) is 51.0 Å². The van der Waals surface area contributed by atoms with Crippen molar-refractivity contribution >= 4 is 16.9 Å². The number of morpholine rings is 1. The molecule has 0 unspecified atom stereocenters. The van der Waals surface area contributed by atoms with E-state index in [1.54, 1.807) is 6.20 Å². The maximum atomic E-state index is 12.1. The number of ether oxygens (including phenoxy) is 1. The van der Waals surface area contributed by atoms with Crippen molar-refractivity contribution in [2.24, 2.45) is 7.05 Å². The fourth-order valence-electron chi connectivity index (χ4n) is 2.85. The van der Waals surface area contributed by atoms with Crippen molar-refractivity contribution in [2.45, 2.75) is 6.42 Å². The van der Waals surface area contributed by atoms with Crippen molar-refractivity contribution in [2.75, 3.05) is 39.4 Å². The zero-order chi connectivity index (χ0) is 15.4. The van der Waals surface area contributed by atoms with Crippen molar-refractivity contribution < 1.29 is 9.53 Å². The van der Waals surface area contributed by atoms with Crippen LogP contribution in [0, 0.1) is 0 Å². The Hall–Kier alpha value is -1.92. The molecule has 0 saturated carbocycles. The average molecular weight is 302 g/mol. The fourth-order valence-corrected chi connectivity index (χ4v) is 2.85. The first-order valence-electron chi connectivity index (χ1n) is 7.70. The summed E-state index contributed by atoms with van der Waals surface area (Å²) in [7, 11) is 1.95. The lowest BCUT2D eigenvalue weighted by molar-refractivity contribution is -0.120. The molecule has 6 heteroatoms. The van der Waals surface area contributed by atoms with Gasteiger partial charge in [0.1, 0.15) is 5.65 Å². The van der Waals surface area contributed by atoms with Gasteiger partial charge in [-0.2, -0.15) is 0 Å². The minimum Gasteiger partial charge on any atom is -0.379 e. The van der Waals surface area contributed by atoms with Crippen molar-refractivity contribution in [1.29, 1.82) is 0 Å². The highest BCUT2D eigenvalue weighted by molar-refractivity contribution is 5.87. The minimum atomic E-state index is 0.0598. The summed E-state index contributed by atoms with van der Waals surface area (Å²) in [4.78, 5) is 18.8. The summed E-state index contributed by atoms with van der Waals surface area (Å²) >= 11 is 0. The first-order valence-corrected chi connectivity index (χ1v) is 7.70. The van der Waals surface area contributed by atoms with Crippen LogP contribution in [0.25, 0.3) is 11.0 Å². The van der Waals surface area contributed by atoms with Gasteiger partial charge in [0.2, 0.25) is 5.91 Å². The van der Waals surface area contributed by atoms with Crippen LogP contribution in [-0.2, 0) is 23.0 Å². The second kappa shape index (κ2) is 6.89. The van der Waals surface area contributed by atoms with Crippen LogP contribution in [-0.4, -0.2) is 59.8 Å². The van der Waals surface area contributed by atoms with Crippen molar-refractivity contribution in [3.05, 3.63) is 30.1 Å². The summed E-state index contributed by atoms with van der Waals surface area (Å²) in [5.41, 5.74) is 1.94. The fraction of sp³-hybridized carbons (Fsp3) is 0.500. The minimum absolute atomic E-state index is 0.0598. The molecule has 1 fully saturated rings. The lowest BCUT2D eigenvalue weighted by Crippen LogP contribution is -2.41. The molecule has 6 nitrogen and oxygen atoms in total. The van der Waals surface area contributed by atoms with E-state index >= 15 is 0 Å². The van der Waals surface area contributed by atoms with Gasteiger partial charge in [-0.05, 0) is 17.7 Å². The first kappa shape index (κ1) is 15.0. The number of nitrogens with one attached hydrogen (secondary N) is 1. The van der Waals surface area contributed by atoms with Crippen LogP contribution in [0.2, 0.25) is 0 Å². The topological polar surface area (TPSA) is 59.4 Å². The van der Waals surface area contributed by atoms with E-state index in [2.05, 4.69) is 15.2 Å². The van der Waals surface area contributed by atoms with Gasteiger partial charge in [-0.3, -0.25) is 9.69 Å². The Bertz CT molecular complexity index is 647. The normalized spacial score (nSPS) is 16.0. The Morgan fingerprint density at radius 1 is 1.41 bits per heavy atom. The second-order valence-corrected chi connectivity index (χ2v) is 5.62. The molecular weight excluding hydrogens is 280 g/mol. The van der Waals surface area contributed by atoms with Gasteiger partial charge in [-0.1, -0.05) is 0 Å². The quantitative estimate of drug-likeness (QED) is 0.877. The third-order valence-electron chi connectivity index (χ3n) is 4.02. The number of nitrogens with zero attached hydrogens (tertiary/aromatic N) is 3. The number of aromatic nitrogens is 2. The largest absolute Gasteiger partial charge is 0.379 e. The number of carbonyl (C=O) groups excluding carboxylic acids is 1. The molecule has 2 aromatic rings. The maximum Gasteiger partial charge on any atom is 0.224 e. The van der Waals surface area contributed by atoms with E-state index in [9.17, 15) is 4.79 Å². The van der Waals surface area contributed by atoms with Crippen LogP contribution in [0.1, 0.15) is 5.56 Å². The van der Waals surface area contributed by atoms with Gasteiger partial charge in [0.15, 0.2) is 0 Å². The van der Waals surface area contributed by atoms with Crippen molar-refractivity contribution in [1.82, 2.24) is 19.8 Å². The molecule has 0 spiro atoms. The van der Waals surface area contributed by atoms with Gasteiger partial charge >= 0.3 is 0 Å². The van der Waals surface area contributed by atoms with Crippen molar-refractivity contribution in [3.63, 3.8) is 0 Å². The number of amides is 1.